The maximum atomic E-state index is 12.1. The van der Waals surface area contributed by atoms with Gasteiger partial charge in [0.25, 0.3) is 0 Å². The van der Waals surface area contributed by atoms with Crippen LogP contribution in [0, 0.1) is 52.3 Å². The number of ether oxygens (including phenoxy) is 8. The van der Waals surface area contributed by atoms with Crippen LogP contribution in [0.25, 0.3) is 0 Å². The highest BCUT2D eigenvalue weighted by Gasteiger charge is 2.70. The van der Waals surface area contributed by atoms with Crippen molar-refractivity contribution in [1.29, 1.82) is 0 Å². The van der Waals surface area contributed by atoms with E-state index in [-0.39, 0.29) is 29.5 Å². The minimum absolute atomic E-state index is 0.0809. The lowest BCUT2D eigenvalue weighted by molar-refractivity contribution is -0.370. The van der Waals surface area contributed by atoms with Gasteiger partial charge in [0.15, 0.2) is 24.7 Å². The Morgan fingerprint density at radius 3 is 2.03 bits per heavy atom. The van der Waals surface area contributed by atoms with E-state index < -0.39 is 117 Å². The van der Waals surface area contributed by atoms with E-state index in [2.05, 4.69) is 27.7 Å². The molecule has 9 fully saturated rings. The molecule has 10 N–H and O–H groups in total. The van der Waals surface area contributed by atoms with Crippen LogP contribution in [0.1, 0.15) is 85.5 Å². The highest BCUT2D eigenvalue weighted by Crippen LogP contribution is 2.71. The van der Waals surface area contributed by atoms with Gasteiger partial charge in [-0.05, 0) is 97.7 Å². The Balaban J connectivity index is 0.876. The van der Waals surface area contributed by atoms with Crippen LogP contribution in [0.2, 0.25) is 0 Å². The first-order chi connectivity index (χ1) is 29.4. The molecule has 0 amide bonds. The van der Waals surface area contributed by atoms with Gasteiger partial charge in [-0.15, -0.1) is 0 Å². The number of aliphatic hydroxyl groups is 10. The van der Waals surface area contributed by atoms with E-state index in [0.717, 1.165) is 45.1 Å². The molecule has 4 aliphatic carbocycles. The number of aliphatic hydroxyl groups excluding tert-OH is 10. The van der Waals surface area contributed by atoms with Gasteiger partial charge in [-0.1, -0.05) is 27.7 Å². The molecule has 1 spiro atoms. The molecule has 9 rings (SSSR count). The summed E-state index contributed by atoms with van der Waals surface area (Å²) in [6.45, 7) is 8.58. The van der Waals surface area contributed by atoms with Crippen LogP contribution in [0.15, 0.2) is 0 Å². The molecule has 62 heavy (non-hydrogen) atoms. The SMILES string of the molecule is C[C@H]1CC[C@@]2(OC1)O[C@H]1C[C@H]3[C@@H]4C[C@@H](O)[C@H]5C[C@@H](O[C@@H]6O[C@H](CO[C@@H]7OC[C@H](O)[C@H](O)[C@H]7O)[C@@H](O[C@@H]7O[C@H](CO)[C@@H](O)[C@H](O)[C@H]7O)[C@H](O)[C@H]6O)CC[C@]5(C)[C@H]4CC[C@]3(C)[C@H]1[C@@H]2C. The second kappa shape index (κ2) is 17.4. The molecule has 18 heteroatoms. The maximum Gasteiger partial charge on any atom is 0.187 e. The van der Waals surface area contributed by atoms with Gasteiger partial charge in [0.05, 0.1) is 44.7 Å². The fraction of sp³-hybridized carbons (Fsp3) is 1.00. The van der Waals surface area contributed by atoms with Crippen molar-refractivity contribution in [3.8, 4) is 0 Å². The monoisotopic (exact) mass is 888 g/mol. The first kappa shape index (κ1) is 46.4. The predicted octanol–water partition coefficient (Wildman–Crippen LogP) is -1.12. The normalized spacial score (nSPS) is 58.9. The quantitative estimate of drug-likeness (QED) is 0.129. The van der Waals surface area contributed by atoms with Crippen LogP contribution >= 0.6 is 0 Å². The van der Waals surface area contributed by atoms with Crippen LogP contribution in [0.5, 0.6) is 0 Å². The summed E-state index contributed by atoms with van der Waals surface area (Å²) in [6.07, 6.45) is -15.1. The Bertz CT molecular complexity index is 1550. The summed E-state index contributed by atoms with van der Waals surface area (Å²) in [7, 11) is 0. The minimum atomic E-state index is -1.83. The standard InChI is InChI=1S/C44H72O18/c1-18-5-10-44(57-15-18)19(2)30-27(62-44)13-23-21-12-25(46)24-11-20(6-8-42(24,3)22(21)7-9-43(23,30)4)58-40-37(54)34(51)38(61-41-36(53)33(50)32(49)28(14-45)59-41)29(60-40)17-56-39-35(52)31(48)26(47)16-55-39/h18-41,45-54H,5-17H2,1-4H3/t18-,19-,20-,21+,22-,23-,24+,25+,26-,27-,28+,29+,30-,31-,32+,33-,34+,35+,36+,37+,38+,39-,40+,41-,42+,43-,44+/m0/s1. The summed E-state index contributed by atoms with van der Waals surface area (Å²) in [6, 6.07) is 0. The third-order valence-electron chi connectivity index (χ3n) is 17.9. The molecule has 5 aliphatic heterocycles. The molecule has 5 saturated heterocycles. The first-order valence-corrected chi connectivity index (χ1v) is 23.3. The van der Waals surface area contributed by atoms with E-state index in [0.29, 0.717) is 54.8 Å². The Morgan fingerprint density at radius 2 is 1.31 bits per heavy atom. The molecular weight excluding hydrogens is 816 g/mol. The number of fused-ring (bicyclic) bond motifs is 7. The van der Waals surface area contributed by atoms with E-state index in [1.807, 2.05) is 0 Å². The summed E-state index contributed by atoms with van der Waals surface area (Å²) in [5.41, 5.74) is -0.0463. The van der Waals surface area contributed by atoms with Crippen LogP contribution in [-0.4, -0.2) is 188 Å². The smallest absolute Gasteiger partial charge is 0.187 e. The summed E-state index contributed by atoms with van der Waals surface area (Å²) in [4.78, 5) is 0. The lowest BCUT2D eigenvalue weighted by Gasteiger charge is -2.62. The molecule has 9 aliphatic rings. The van der Waals surface area contributed by atoms with Crippen molar-refractivity contribution in [1.82, 2.24) is 0 Å². The van der Waals surface area contributed by atoms with Crippen molar-refractivity contribution in [3.63, 3.8) is 0 Å². The molecule has 0 aromatic heterocycles. The average Bonchev–Trinajstić information content (AvgIpc) is 3.70. The zero-order chi connectivity index (χ0) is 44.2. The van der Waals surface area contributed by atoms with Gasteiger partial charge in [-0.3, -0.25) is 0 Å². The Kier molecular flexibility index (Phi) is 13.0. The van der Waals surface area contributed by atoms with E-state index in [9.17, 15) is 51.1 Å². The second-order valence-corrected chi connectivity index (χ2v) is 21.2. The molecule has 0 bridgehead atoms. The van der Waals surface area contributed by atoms with Gasteiger partial charge >= 0.3 is 0 Å². The fourth-order valence-electron chi connectivity index (χ4n) is 14.4. The third-order valence-corrected chi connectivity index (χ3v) is 17.9. The van der Waals surface area contributed by atoms with Crippen molar-refractivity contribution in [3.05, 3.63) is 0 Å². The first-order valence-electron chi connectivity index (χ1n) is 23.3. The van der Waals surface area contributed by atoms with Gasteiger partial charge in [-0.2, -0.15) is 0 Å². The second-order valence-electron chi connectivity index (χ2n) is 21.2. The van der Waals surface area contributed by atoms with E-state index in [1.165, 1.54) is 0 Å². The molecule has 356 valence electrons. The Hall–Kier alpha value is -0.720. The molecule has 0 aromatic carbocycles. The van der Waals surface area contributed by atoms with Crippen LogP contribution in [0.4, 0.5) is 0 Å². The number of hydrogen-bond donors (Lipinski definition) is 10. The Labute approximate surface area is 362 Å². The van der Waals surface area contributed by atoms with Crippen molar-refractivity contribution in [2.24, 2.45) is 52.3 Å². The molecule has 0 radical (unpaired) electrons. The third kappa shape index (κ3) is 7.65. The van der Waals surface area contributed by atoms with Crippen molar-refractivity contribution >= 4 is 0 Å². The van der Waals surface area contributed by atoms with Crippen LogP contribution in [-0.2, 0) is 37.9 Å². The topological polar surface area (TPSA) is 276 Å². The molecule has 18 nitrogen and oxygen atoms in total. The molecule has 27 atom stereocenters. The van der Waals surface area contributed by atoms with E-state index in [1.54, 1.807) is 0 Å². The molecule has 5 heterocycles. The van der Waals surface area contributed by atoms with Gasteiger partial charge in [0, 0.05) is 12.3 Å². The van der Waals surface area contributed by atoms with E-state index >= 15 is 0 Å². The van der Waals surface area contributed by atoms with Crippen molar-refractivity contribution in [2.45, 2.75) is 196 Å². The molecule has 0 aromatic rings. The molecule has 0 unspecified atom stereocenters. The zero-order valence-corrected chi connectivity index (χ0v) is 36.3. The van der Waals surface area contributed by atoms with E-state index in [4.69, 9.17) is 37.9 Å². The summed E-state index contributed by atoms with van der Waals surface area (Å²) < 4.78 is 48.8. The predicted molar refractivity (Wildman–Crippen MR) is 211 cm³/mol. The highest BCUT2D eigenvalue weighted by molar-refractivity contribution is 5.16. The zero-order valence-electron chi connectivity index (χ0n) is 36.3. The van der Waals surface area contributed by atoms with Crippen LogP contribution < -0.4 is 0 Å². The van der Waals surface area contributed by atoms with Crippen molar-refractivity contribution in [2.75, 3.05) is 26.4 Å². The molecular formula is C44H72O18. The van der Waals surface area contributed by atoms with Gasteiger partial charge in [0.2, 0.25) is 0 Å². The minimum Gasteiger partial charge on any atom is -0.394 e. The summed E-state index contributed by atoms with van der Waals surface area (Å²) in [5.74, 6) is 1.93. The average molecular weight is 889 g/mol. The summed E-state index contributed by atoms with van der Waals surface area (Å²) >= 11 is 0. The van der Waals surface area contributed by atoms with Gasteiger partial charge < -0.3 is 89.0 Å². The van der Waals surface area contributed by atoms with Crippen molar-refractivity contribution < 1.29 is 89.0 Å². The van der Waals surface area contributed by atoms with Gasteiger partial charge in [0.1, 0.15) is 67.1 Å². The summed E-state index contributed by atoms with van der Waals surface area (Å²) in [5, 5.41) is 107. The lowest BCUT2D eigenvalue weighted by atomic mass is 9.43. The number of hydrogen-bond acceptors (Lipinski definition) is 18. The highest BCUT2D eigenvalue weighted by atomic mass is 16.8. The number of rotatable bonds is 8. The van der Waals surface area contributed by atoms with Gasteiger partial charge in [-0.25, -0.2) is 0 Å². The largest absolute Gasteiger partial charge is 0.394 e. The Morgan fingerprint density at radius 1 is 0.613 bits per heavy atom. The molecule has 4 saturated carbocycles. The fourth-order valence-corrected chi connectivity index (χ4v) is 14.4. The van der Waals surface area contributed by atoms with Crippen LogP contribution in [0.3, 0.4) is 0 Å². The lowest BCUT2D eigenvalue weighted by Crippen LogP contribution is -2.65. The maximum absolute atomic E-state index is 12.1.